The Morgan fingerprint density at radius 2 is 2.35 bits per heavy atom. The Labute approximate surface area is 101 Å². The van der Waals surface area contributed by atoms with E-state index in [-0.39, 0.29) is 6.10 Å². The number of hydrogen-bond donors (Lipinski definition) is 2. The Balaban J connectivity index is 1.95. The fourth-order valence-corrected chi connectivity index (χ4v) is 1.97. The van der Waals surface area contributed by atoms with Gasteiger partial charge in [0.2, 0.25) is 0 Å². The highest BCUT2D eigenvalue weighted by atomic mass is 16.5. The predicted molar refractivity (Wildman–Crippen MR) is 67.7 cm³/mol. The van der Waals surface area contributed by atoms with Crippen molar-refractivity contribution < 1.29 is 4.74 Å². The monoisotopic (exact) mass is 231 g/mol. The lowest BCUT2D eigenvalue weighted by Crippen LogP contribution is -2.27. The Morgan fingerprint density at radius 1 is 1.47 bits per heavy atom. The Kier molecular flexibility index (Phi) is 3.84. The summed E-state index contributed by atoms with van der Waals surface area (Å²) in [6.07, 6.45) is 3.72. The summed E-state index contributed by atoms with van der Waals surface area (Å²) >= 11 is 0. The zero-order chi connectivity index (χ0) is 12.1. The molecule has 1 atom stereocenters. The molecule has 1 aromatic carbocycles. The van der Waals surface area contributed by atoms with Crippen LogP contribution in [0.3, 0.4) is 0 Å². The molecule has 0 radical (unpaired) electrons. The zero-order valence-electron chi connectivity index (χ0n) is 9.78. The Morgan fingerprint density at radius 3 is 3.06 bits per heavy atom. The van der Waals surface area contributed by atoms with E-state index in [9.17, 15) is 0 Å². The molecule has 1 aliphatic heterocycles. The molecule has 4 nitrogen and oxygen atoms in total. The van der Waals surface area contributed by atoms with Crippen LogP contribution in [0.4, 0.5) is 11.4 Å². The van der Waals surface area contributed by atoms with Gasteiger partial charge in [0.15, 0.2) is 0 Å². The van der Waals surface area contributed by atoms with Gasteiger partial charge in [-0.3, -0.25) is 0 Å². The molecule has 0 bridgehead atoms. The molecule has 1 aliphatic rings. The van der Waals surface area contributed by atoms with Crippen molar-refractivity contribution in [3.05, 3.63) is 23.8 Å². The second-order valence-electron chi connectivity index (χ2n) is 4.28. The van der Waals surface area contributed by atoms with Crippen LogP contribution in [0, 0.1) is 11.3 Å². The van der Waals surface area contributed by atoms with E-state index in [4.69, 9.17) is 15.7 Å². The highest BCUT2D eigenvalue weighted by Crippen LogP contribution is 2.21. The van der Waals surface area contributed by atoms with Gasteiger partial charge in [-0.25, -0.2) is 0 Å². The summed E-state index contributed by atoms with van der Waals surface area (Å²) in [6, 6.07) is 7.35. The van der Waals surface area contributed by atoms with Gasteiger partial charge >= 0.3 is 0 Å². The summed E-state index contributed by atoms with van der Waals surface area (Å²) in [6.45, 7) is 1.60. The lowest BCUT2D eigenvalue weighted by molar-refractivity contribution is 0.0248. The maximum atomic E-state index is 8.83. The van der Waals surface area contributed by atoms with Gasteiger partial charge in [-0.05, 0) is 37.5 Å². The van der Waals surface area contributed by atoms with E-state index in [2.05, 4.69) is 11.4 Å². The average molecular weight is 231 g/mol. The number of nitrogens with two attached hydrogens (primary N) is 1. The SMILES string of the molecule is N#Cc1ccc(N)c(NCC2CCCCO2)c1. The summed E-state index contributed by atoms with van der Waals surface area (Å²) in [4.78, 5) is 0. The van der Waals surface area contributed by atoms with Crippen molar-refractivity contribution in [3.8, 4) is 6.07 Å². The molecule has 1 saturated heterocycles. The molecule has 17 heavy (non-hydrogen) atoms. The maximum Gasteiger partial charge on any atom is 0.0992 e. The van der Waals surface area contributed by atoms with Gasteiger partial charge in [0.05, 0.1) is 29.1 Å². The predicted octanol–water partition coefficient (Wildman–Crippen LogP) is 2.12. The minimum Gasteiger partial charge on any atom is -0.397 e. The van der Waals surface area contributed by atoms with Crippen molar-refractivity contribution in [2.45, 2.75) is 25.4 Å². The number of benzene rings is 1. The van der Waals surface area contributed by atoms with Gasteiger partial charge in [-0.2, -0.15) is 5.26 Å². The maximum absolute atomic E-state index is 8.83. The fourth-order valence-electron chi connectivity index (χ4n) is 1.97. The third-order valence-corrected chi connectivity index (χ3v) is 2.98. The van der Waals surface area contributed by atoms with Gasteiger partial charge in [-0.1, -0.05) is 0 Å². The second-order valence-corrected chi connectivity index (χ2v) is 4.28. The molecule has 90 valence electrons. The number of nitrogens with one attached hydrogen (secondary N) is 1. The molecule has 1 heterocycles. The van der Waals surface area contributed by atoms with Crippen molar-refractivity contribution in [3.63, 3.8) is 0 Å². The fraction of sp³-hybridized carbons (Fsp3) is 0.462. The number of rotatable bonds is 3. The van der Waals surface area contributed by atoms with Crippen molar-refractivity contribution >= 4 is 11.4 Å². The highest BCUT2D eigenvalue weighted by Gasteiger charge is 2.13. The largest absolute Gasteiger partial charge is 0.397 e. The van der Waals surface area contributed by atoms with Crippen LogP contribution in [-0.4, -0.2) is 19.3 Å². The van der Waals surface area contributed by atoms with Crippen LogP contribution in [0.15, 0.2) is 18.2 Å². The number of nitrogen functional groups attached to an aromatic ring is 1. The van der Waals surface area contributed by atoms with Crippen LogP contribution < -0.4 is 11.1 Å². The van der Waals surface area contributed by atoms with Crippen molar-refractivity contribution in [1.29, 1.82) is 5.26 Å². The van der Waals surface area contributed by atoms with Crippen LogP contribution >= 0.6 is 0 Å². The summed E-state index contributed by atoms with van der Waals surface area (Å²) < 4.78 is 5.63. The molecule has 4 heteroatoms. The van der Waals surface area contributed by atoms with Crippen molar-refractivity contribution in [2.75, 3.05) is 24.2 Å². The second kappa shape index (κ2) is 5.55. The van der Waals surface area contributed by atoms with Crippen LogP contribution in [0.25, 0.3) is 0 Å². The number of anilines is 2. The van der Waals surface area contributed by atoms with E-state index in [0.29, 0.717) is 11.3 Å². The first-order valence-corrected chi connectivity index (χ1v) is 5.94. The van der Waals surface area contributed by atoms with E-state index < -0.39 is 0 Å². The first-order valence-electron chi connectivity index (χ1n) is 5.94. The van der Waals surface area contributed by atoms with Crippen LogP contribution in [-0.2, 0) is 4.74 Å². The lowest BCUT2D eigenvalue weighted by Gasteiger charge is -2.23. The molecule has 1 aromatic rings. The molecule has 0 saturated carbocycles. The molecule has 0 amide bonds. The molecule has 1 unspecified atom stereocenters. The minimum absolute atomic E-state index is 0.258. The summed E-state index contributed by atoms with van der Waals surface area (Å²) in [5.41, 5.74) is 7.95. The molecule has 3 N–H and O–H groups in total. The molecular weight excluding hydrogens is 214 g/mol. The van der Waals surface area contributed by atoms with Gasteiger partial charge in [0, 0.05) is 13.2 Å². The smallest absolute Gasteiger partial charge is 0.0992 e. The van der Waals surface area contributed by atoms with Gasteiger partial charge in [0.25, 0.3) is 0 Å². The number of nitriles is 1. The number of ether oxygens (including phenoxy) is 1. The quantitative estimate of drug-likeness (QED) is 0.782. The zero-order valence-corrected chi connectivity index (χ0v) is 9.78. The average Bonchev–Trinajstić information content (AvgIpc) is 2.39. The van der Waals surface area contributed by atoms with E-state index >= 15 is 0 Å². The van der Waals surface area contributed by atoms with Crippen LogP contribution in [0.2, 0.25) is 0 Å². The van der Waals surface area contributed by atoms with E-state index in [0.717, 1.165) is 31.7 Å². The molecule has 0 spiro atoms. The normalized spacial score (nSPS) is 19.6. The van der Waals surface area contributed by atoms with Crippen molar-refractivity contribution in [2.24, 2.45) is 0 Å². The van der Waals surface area contributed by atoms with Crippen molar-refractivity contribution in [1.82, 2.24) is 0 Å². The van der Waals surface area contributed by atoms with Gasteiger partial charge in [-0.15, -0.1) is 0 Å². The van der Waals surface area contributed by atoms with Crippen LogP contribution in [0.1, 0.15) is 24.8 Å². The van der Waals surface area contributed by atoms with E-state index in [1.165, 1.54) is 6.42 Å². The summed E-state index contributed by atoms with van der Waals surface area (Å²) in [5.74, 6) is 0. The first kappa shape index (κ1) is 11.7. The minimum atomic E-state index is 0.258. The Bertz CT molecular complexity index is 419. The topological polar surface area (TPSA) is 71.1 Å². The van der Waals surface area contributed by atoms with Crippen LogP contribution in [0.5, 0.6) is 0 Å². The third kappa shape index (κ3) is 3.11. The lowest BCUT2D eigenvalue weighted by atomic mass is 10.1. The van der Waals surface area contributed by atoms with E-state index in [1.54, 1.807) is 18.2 Å². The summed E-state index contributed by atoms with van der Waals surface area (Å²) in [5, 5.41) is 12.1. The van der Waals surface area contributed by atoms with E-state index in [1.807, 2.05) is 0 Å². The molecule has 1 fully saturated rings. The van der Waals surface area contributed by atoms with Gasteiger partial charge in [0.1, 0.15) is 0 Å². The Hall–Kier alpha value is -1.73. The molecule has 2 rings (SSSR count). The molecule has 0 aromatic heterocycles. The first-order chi connectivity index (χ1) is 8.29. The molecule has 0 aliphatic carbocycles. The molecular formula is C13H17N3O. The third-order valence-electron chi connectivity index (χ3n) is 2.98. The summed E-state index contributed by atoms with van der Waals surface area (Å²) in [7, 11) is 0. The standard InChI is InChI=1S/C13H17N3O/c14-8-10-4-5-12(15)13(7-10)16-9-11-3-1-2-6-17-11/h4-5,7,11,16H,1-3,6,9,15H2. The highest BCUT2D eigenvalue weighted by molar-refractivity contribution is 5.68. The number of hydrogen-bond acceptors (Lipinski definition) is 4. The van der Waals surface area contributed by atoms with Gasteiger partial charge < -0.3 is 15.8 Å². The number of nitrogens with zero attached hydrogens (tertiary/aromatic N) is 1.